The number of halogens is 2. The van der Waals surface area contributed by atoms with Crippen LogP contribution in [-0.2, 0) is 16.0 Å². The predicted octanol–water partition coefficient (Wildman–Crippen LogP) is 2.64. The van der Waals surface area contributed by atoms with Crippen LogP contribution >= 0.6 is 35.6 Å². The number of carbonyl (C=O) groups is 2. The zero-order valence-electron chi connectivity index (χ0n) is 18.0. The first kappa shape index (κ1) is 25.9. The van der Waals surface area contributed by atoms with E-state index in [0.717, 1.165) is 5.56 Å². The molecule has 2 heterocycles. The van der Waals surface area contributed by atoms with E-state index in [1.807, 2.05) is 30.0 Å². The van der Waals surface area contributed by atoms with Crippen LogP contribution in [0, 0.1) is 0 Å². The summed E-state index contributed by atoms with van der Waals surface area (Å²) in [5.74, 6) is 0.546. The molecule has 0 unspecified atom stereocenters. The third-order valence-corrected chi connectivity index (χ3v) is 5.06. The number of carbonyl (C=O) groups excluding carboxylic acids is 2. The van der Waals surface area contributed by atoms with Gasteiger partial charge < -0.3 is 20.4 Å². The molecule has 0 spiro atoms. The van der Waals surface area contributed by atoms with Crippen LogP contribution in [0.3, 0.4) is 0 Å². The second-order valence-corrected chi connectivity index (χ2v) is 7.57. The van der Waals surface area contributed by atoms with E-state index in [0.29, 0.717) is 55.8 Å². The molecule has 172 valence electrons. The molecule has 0 saturated carbocycles. The molecule has 2 N–H and O–H groups in total. The molecule has 1 aliphatic heterocycles. The molecular weight excluding hydrogens is 543 g/mol. The molecule has 10 heteroatoms. The molecular formula is C22H28ClIN6O2. The van der Waals surface area contributed by atoms with Crippen LogP contribution in [0.15, 0.2) is 53.8 Å². The molecule has 1 aromatic carbocycles. The minimum absolute atomic E-state index is 0. The topological polar surface area (TPSA) is 89.9 Å². The number of benzene rings is 1. The van der Waals surface area contributed by atoms with Crippen LogP contribution in [0.5, 0.6) is 0 Å². The number of hydrogen-bond donors (Lipinski definition) is 2. The van der Waals surface area contributed by atoms with Gasteiger partial charge in [-0.25, -0.2) is 4.99 Å². The number of pyridine rings is 1. The number of piperazine rings is 1. The lowest BCUT2D eigenvalue weighted by molar-refractivity contribution is -0.131. The summed E-state index contributed by atoms with van der Waals surface area (Å²) in [6, 6.07) is 10.9. The number of aliphatic imine (C=N–C) groups is 1. The Hall–Kier alpha value is -2.40. The van der Waals surface area contributed by atoms with E-state index in [-0.39, 0.29) is 42.3 Å². The van der Waals surface area contributed by atoms with E-state index in [1.54, 1.807) is 30.6 Å². The third kappa shape index (κ3) is 7.94. The van der Waals surface area contributed by atoms with Gasteiger partial charge in [-0.15, -0.1) is 24.0 Å². The normalized spacial score (nSPS) is 13.9. The number of aromatic nitrogens is 1. The summed E-state index contributed by atoms with van der Waals surface area (Å²) < 4.78 is 0. The standard InChI is InChI=1S/C22H27ClN6O2.HI/c1-2-25-22(26-16-20(30)27-19-7-4-8-24-15-19)29-11-9-28(10-12-29)21(31)14-17-5-3-6-18(23)13-17;/h3-8,13,15H,2,9-12,14,16H2,1H3,(H,25,26)(H,27,30);1H. The summed E-state index contributed by atoms with van der Waals surface area (Å²) >= 11 is 6.01. The SMILES string of the molecule is CCNC(=NCC(=O)Nc1cccnc1)N1CCN(C(=O)Cc2cccc(Cl)c2)CC1.I. The van der Waals surface area contributed by atoms with Gasteiger partial charge in [0.1, 0.15) is 6.54 Å². The van der Waals surface area contributed by atoms with Gasteiger partial charge in [-0.05, 0) is 36.8 Å². The maximum atomic E-state index is 12.6. The van der Waals surface area contributed by atoms with Crippen molar-refractivity contribution in [1.29, 1.82) is 0 Å². The van der Waals surface area contributed by atoms with E-state index >= 15 is 0 Å². The molecule has 32 heavy (non-hydrogen) atoms. The highest BCUT2D eigenvalue weighted by atomic mass is 127. The van der Waals surface area contributed by atoms with Crippen molar-refractivity contribution in [3.63, 3.8) is 0 Å². The zero-order chi connectivity index (χ0) is 22.1. The van der Waals surface area contributed by atoms with Gasteiger partial charge >= 0.3 is 0 Å². The molecule has 0 aliphatic carbocycles. The van der Waals surface area contributed by atoms with Crippen molar-refractivity contribution in [2.45, 2.75) is 13.3 Å². The van der Waals surface area contributed by atoms with Gasteiger partial charge in [0, 0.05) is 43.9 Å². The maximum Gasteiger partial charge on any atom is 0.246 e. The first-order valence-corrected chi connectivity index (χ1v) is 10.7. The predicted molar refractivity (Wildman–Crippen MR) is 138 cm³/mol. The summed E-state index contributed by atoms with van der Waals surface area (Å²) in [7, 11) is 0. The number of nitrogens with zero attached hydrogens (tertiary/aromatic N) is 4. The Bertz CT molecular complexity index is 920. The van der Waals surface area contributed by atoms with Crippen LogP contribution in [0.25, 0.3) is 0 Å². The Balaban J connectivity index is 0.00000363. The van der Waals surface area contributed by atoms with Gasteiger partial charge in [0.2, 0.25) is 11.8 Å². The molecule has 0 bridgehead atoms. The molecule has 2 aromatic rings. The van der Waals surface area contributed by atoms with Gasteiger partial charge in [-0.2, -0.15) is 0 Å². The number of rotatable bonds is 6. The number of nitrogens with one attached hydrogen (secondary N) is 2. The van der Waals surface area contributed by atoms with Gasteiger partial charge in [-0.3, -0.25) is 14.6 Å². The quantitative estimate of drug-likeness (QED) is 0.317. The van der Waals surface area contributed by atoms with Crippen molar-refractivity contribution in [2.24, 2.45) is 4.99 Å². The summed E-state index contributed by atoms with van der Waals surface area (Å²) in [4.78, 5) is 37.2. The van der Waals surface area contributed by atoms with Crippen LogP contribution in [0.4, 0.5) is 5.69 Å². The Morgan fingerprint density at radius 2 is 1.88 bits per heavy atom. The van der Waals surface area contributed by atoms with Crippen molar-refractivity contribution < 1.29 is 9.59 Å². The lowest BCUT2D eigenvalue weighted by Crippen LogP contribution is -2.54. The van der Waals surface area contributed by atoms with Crippen molar-refractivity contribution in [3.05, 3.63) is 59.4 Å². The Labute approximate surface area is 210 Å². The van der Waals surface area contributed by atoms with E-state index in [9.17, 15) is 9.59 Å². The summed E-state index contributed by atoms with van der Waals surface area (Å²) in [6.07, 6.45) is 3.58. The second-order valence-electron chi connectivity index (χ2n) is 7.13. The monoisotopic (exact) mass is 570 g/mol. The average Bonchev–Trinajstić information content (AvgIpc) is 2.77. The summed E-state index contributed by atoms with van der Waals surface area (Å²) in [6.45, 7) is 5.18. The number of anilines is 1. The van der Waals surface area contributed by atoms with E-state index in [2.05, 4.69) is 25.5 Å². The summed E-state index contributed by atoms with van der Waals surface area (Å²) in [5, 5.41) is 6.63. The minimum atomic E-state index is -0.210. The highest BCUT2D eigenvalue weighted by molar-refractivity contribution is 14.0. The Morgan fingerprint density at radius 3 is 2.53 bits per heavy atom. The van der Waals surface area contributed by atoms with Crippen molar-refractivity contribution in [1.82, 2.24) is 20.1 Å². The number of amides is 2. The molecule has 1 saturated heterocycles. The lowest BCUT2D eigenvalue weighted by Gasteiger charge is -2.36. The fraction of sp³-hybridized carbons (Fsp3) is 0.364. The van der Waals surface area contributed by atoms with Crippen LogP contribution < -0.4 is 10.6 Å². The maximum absolute atomic E-state index is 12.6. The Morgan fingerprint density at radius 1 is 1.12 bits per heavy atom. The van der Waals surface area contributed by atoms with Gasteiger partial charge in [0.25, 0.3) is 0 Å². The average molecular weight is 571 g/mol. The van der Waals surface area contributed by atoms with Crippen LogP contribution in [0.1, 0.15) is 12.5 Å². The molecule has 3 rings (SSSR count). The van der Waals surface area contributed by atoms with Gasteiger partial charge in [0.15, 0.2) is 5.96 Å². The molecule has 1 aliphatic rings. The van der Waals surface area contributed by atoms with Crippen molar-refractivity contribution in [3.8, 4) is 0 Å². The number of hydrogen-bond acceptors (Lipinski definition) is 4. The fourth-order valence-electron chi connectivity index (χ4n) is 3.31. The largest absolute Gasteiger partial charge is 0.357 e. The molecule has 0 radical (unpaired) electrons. The fourth-order valence-corrected chi connectivity index (χ4v) is 3.52. The van der Waals surface area contributed by atoms with Gasteiger partial charge in [0.05, 0.1) is 18.3 Å². The Kier molecular flexibility index (Phi) is 10.7. The van der Waals surface area contributed by atoms with E-state index in [4.69, 9.17) is 11.6 Å². The molecule has 2 amide bonds. The second kappa shape index (κ2) is 13.2. The van der Waals surface area contributed by atoms with Crippen molar-refractivity contribution >= 4 is 59.0 Å². The van der Waals surface area contributed by atoms with Crippen molar-refractivity contribution in [2.75, 3.05) is 44.6 Å². The summed E-state index contributed by atoms with van der Waals surface area (Å²) in [5.41, 5.74) is 1.55. The first-order valence-electron chi connectivity index (χ1n) is 10.3. The molecule has 8 nitrogen and oxygen atoms in total. The van der Waals surface area contributed by atoms with E-state index < -0.39 is 0 Å². The lowest BCUT2D eigenvalue weighted by atomic mass is 10.1. The molecule has 1 fully saturated rings. The van der Waals surface area contributed by atoms with E-state index in [1.165, 1.54) is 0 Å². The van der Waals surface area contributed by atoms with Gasteiger partial charge in [-0.1, -0.05) is 23.7 Å². The zero-order valence-corrected chi connectivity index (χ0v) is 21.0. The highest BCUT2D eigenvalue weighted by Crippen LogP contribution is 2.13. The highest BCUT2D eigenvalue weighted by Gasteiger charge is 2.23. The molecule has 0 atom stereocenters. The first-order chi connectivity index (χ1) is 15.0. The smallest absolute Gasteiger partial charge is 0.246 e. The molecule has 1 aromatic heterocycles. The number of guanidine groups is 1. The minimum Gasteiger partial charge on any atom is -0.357 e. The van der Waals surface area contributed by atoms with Crippen LogP contribution in [0.2, 0.25) is 5.02 Å². The third-order valence-electron chi connectivity index (χ3n) is 4.83. The van der Waals surface area contributed by atoms with Crippen LogP contribution in [-0.4, -0.2) is 71.8 Å².